The molecule has 126 valence electrons. The Hall–Kier alpha value is -2.99. The lowest BCUT2D eigenvalue weighted by Crippen LogP contribution is -2.20. The number of amides is 1. The van der Waals surface area contributed by atoms with Crippen LogP contribution in [0, 0.1) is 11.6 Å². The van der Waals surface area contributed by atoms with E-state index in [1.54, 1.807) is 35.0 Å². The molecule has 1 heterocycles. The van der Waals surface area contributed by atoms with Crippen molar-refractivity contribution in [2.24, 2.45) is 5.10 Å². The summed E-state index contributed by atoms with van der Waals surface area (Å²) in [5.41, 5.74) is 3.32. The third kappa shape index (κ3) is 3.75. The molecule has 0 aliphatic carbocycles. The standard InChI is InChI=1S/C18H12ClF2N3O/c19-15-3-1-4-16(21)14(15)11-22-23-18(25)17-5-2-10-24(17)13-8-6-12(20)7-9-13/h1-11H,(H,23,25). The fourth-order valence-corrected chi connectivity index (χ4v) is 2.45. The average molecular weight is 360 g/mol. The maximum absolute atomic E-state index is 13.6. The van der Waals surface area contributed by atoms with E-state index in [1.165, 1.54) is 30.3 Å². The Bertz CT molecular complexity index is 915. The largest absolute Gasteiger partial charge is 0.312 e. The molecule has 0 spiro atoms. The minimum Gasteiger partial charge on any atom is -0.312 e. The van der Waals surface area contributed by atoms with Crippen LogP contribution in [0.5, 0.6) is 0 Å². The molecule has 0 saturated carbocycles. The summed E-state index contributed by atoms with van der Waals surface area (Å²) in [4.78, 5) is 12.3. The Kier molecular flexibility index (Phi) is 4.90. The quantitative estimate of drug-likeness (QED) is 0.551. The number of carbonyl (C=O) groups excluding carboxylic acids is 1. The van der Waals surface area contributed by atoms with Gasteiger partial charge in [0.05, 0.1) is 11.2 Å². The van der Waals surface area contributed by atoms with Gasteiger partial charge in [-0.15, -0.1) is 0 Å². The molecule has 3 aromatic rings. The second kappa shape index (κ2) is 7.27. The smallest absolute Gasteiger partial charge is 0.288 e. The molecule has 1 amide bonds. The fraction of sp³-hybridized carbons (Fsp3) is 0. The summed E-state index contributed by atoms with van der Waals surface area (Å²) in [6, 6.07) is 13.2. The number of halogens is 3. The molecule has 0 unspecified atom stereocenters. The van der Waals surface area contributed by atoms with Crippen molar-refractivity contribution in [3.05, 3.63) is 88.7 Å². The van der Waals surface area contributed by atoms with Gasteiger partial charge in [0.15, 0.2) is 0 Å². The van der Waals surface area contributed by atoms with E-state index in [-0.39, 0.29) is 16.4 Å². The first-order chi connectivity index (χ1) is 12.1. The molecular formula is C18H12ClF2N3O. The monoisotopic (exact) mass is 359 g/mol. The summed E-state index contributed by atoms with van der Waals surface area (Å²) in [5, 5.41) is 3.93. The van der Waals surface area contributed by atoms with Crippen molar-refractivity contribution in [3.8, 4) is 5.69 Å². The van der Waals surface area contributed by atoms with Gasteiger partial charge in [-0.3, -0.25) is 4.79 Å². The molecule has 0 aliphatic rings. The number of carbonyl (C=O) groups is 1. The van der Waals surface area contributed by atoms with E-state index < -0.39 is 11.7 Å². The van der Waals surface area contributed by atoms with Crippen LogP contribution in [0.4, 0.5) is 8.78 Å². The summed E-state index contributed by atoms with van der Waals surface area (Å²) in [6.45, 7) is 0. The van der Waals surface area contributed by atoms with Crippen molar-refractivity contribution < 1.29 is 13.6 Å². The lowest BCUT2D eigenvalue weighted by atomic mass is 10.2. The highest BCUT2D eigenvalue weighted by molar-refractivity contribution is 6.33. The molecule has 0 saturated heterocycles. The fourth-order valence-electron chi connectivity index (χ4n) is 2.24. The maximum Gasteiger partial charge on any atom is 0.288 e. The molecule has 1 N–H and O–H groups in total. The van der Waals surface area contributed by atoms with E-state index in [0.29, 0.717) is 11.4 Å². The van der Waals surface area contributed by atoms with Crippen molar-refractivity contribution in [2.75, 3.05) is 0 Å². The zero-order chi connectivity index (χ0) is 17.8. The van der Waals surface area contributed by atoms with Gasteiger partial charge < -0.3 is 4.57 Å². The van der Waals surface area contributed by atoms with E-state index in [2.05, 4.69) is 10.5 Å². The topological polar surface area (TPSA) is 46.4 Å². The SMILES string of the molecule is O=C(NN=Cc1c(F)cccc1Cl)c1cccn1-c1ccc(F)cc1. The summed E-state index contributed by atoms with van der Waals surface area (Å²) < 4.78 is 28.3. The Morgan fingerprint density at radius 2 is 1.84 bits per heavy atom. The number of nitrogens with zero attached hydrogens (tertiary/aromatic N) is 2. The molecule has 25 heavy (non-hydrogen) atoms. The number of benzene rings is 2. The Morgan fingerprint density at radius 1 is 1.08 bits per heavy atom. The Labute approximate surface area is 147 Å². The van der Waals surface area contributed by atoms with Crippen LogP contribution in [0.15, 0.2) is 65.9 Å². The zero-order valence-corrected chi connectivity index (χ0v) is 13.5. The van der Waals surface area contributed by atoms with Gasteiger partial charge in [-0.2, -0.15) is 5.10 Å². The number of aromatic nitrogens is 1. The molecule has 0 atom stereocenters. The number of hydrazone groups is 1. The van der Waals surface area contributed by atoms with Crippen LogP contribution in [-0.2, 0) is 0 Å². The predicted molar refractivity (Wildman–Crippen MR) is 92.2 cm³/mol. The van der Waals surface area contributed by atoms with Gasteiger partial charge in [-0.25, -0.2) is 14.2 Å². The highest BCUT2D eigenvalue weighted by Crippen LogP contribution is 2.17. The van der Waals surface area contributed by atoms with E-state index in [4.69, 9.17) is 11.6 Å². The molecule has 4 nitrogen and oxygen atoms in total. The van der Waals surface area contributed by atoms with E-state index in [1.807, 2.05) is 0 Å². The first-order valence-corrected chi connectivity index (χ1v) is 7.65. The van der Waals surface area contributed by atoms with Crippen molar-refractivity contribution in [1.29, 1.82) is 0 Å². The second-order valence-electron chi connectivity index (χ2n) is 5.07. The number of hydrogen-bond acceptors (Lipinski definition) is 2. The van der Waals surface area contributed by atoms with Gasteiger partial charge in [-0.05, 0) is 48.5 Å². The summed E-state index contributed by atoms with van der Waals surface area (Å²) in [5.74, 6) is -1.41. The van der Waals surface area contributed by atoms with Crippen molar-refractivity contribution >= 4 is 23.7 Å². The van der Waals surface area contributed by atoms with Crippen molar-refractivity contribution in [3.63, 3.8) is 0 Å². The maximum atomic E-state index is 13.6. The Morgan fingerprint density at radius 3 is 2.56 bits per heavy atom. The summed E-state index contributed by atoms with van der Waals surface area (Å²) >= 11 is 5.88. The van der Waals surface area contributed by atoms with Gasteiger partial charge in [0.25, 0.3) is 5.91 Å². The molecule has 0 radical (unpaired) electrons. The lowest BCUT2D eigenvalue weighted by Gasteiger charge is -2.08. The number of hydrogen-bond donors (Lipinski definition) is 1. The second-order valence-corrected chi connectivity index (χ2v) is 5.48. The van der Waals surface area contributed by atoms with Crippen molar-refractivity contribution in [2.45, 2.75) is 0 Å². The molecule has 7 heteroatoms. The molecular weight excluding hydrogens is 348 g/mol. The van der Waals surface area contributed by atoms with Gasteiger partial charge in [0.1, 0.15) is 17.3 Å². The highest BCUT2D eigenvalue weighted by Gasteiger charge is 2.11. The molecule has 3 rings (SSSR count). The Balaban J connectivity index is 1.78. The van der Waals surface area contributed by atoms with Gasteiger partial charge in [0, 0.05) is 17.4 Å². The van der Waals surface area contributed by atoms with Gasteiger partial charge in [-0.1, -0.05) is 17.7 Å². The van der Waals surface area contributed by atoms with Crippen LogP contribution in [0.3, 0.4) is 0 Å². The van der Waals surface area contributed by atoms with Crippen LogP contribution in [0.25, 0.3) is 5.69 Å². The number of nitrogens with one attached hydrogen (secondary N) is 1. The van der Waals surface area contributed by atoms with Crippen LogP contribution in [0.2, 0.25) is 5.02 Å². The molecule has 2 aromatic carbocycles. The van der Waals surface area contributed by atoms with Crippen LogP contribution < -0.4 is 5.43 Å². The normalized spacial score (nSPS) is 11.0. The molecule has 0 bridgehead atoms. The van der Waals surface area contributed by atoms with E-state index in [9.17, 15) is 13.6 Å². The molecule has 0 fully saturated rings. The summed E-state index contributed by atoms with van der Waals surface area (Å²) in [7, 11) is 0. The zero-order valence-electron chi connectivity index (χ0n) is 12.8. The van der Waals surface area contributed by atoms with Crippen LogP contribution in [-0.4, -0.2) is 16.7 Å². The molecule has 0 aliphatic heterocycles. The number of rotatable bonds is 4. The average Bonchev–Trinajstić information content (AvgIpc) is 3.08. The minimum atomic E-state index is -0.541. The minimum absolute atomic E-state index is 0.0818. The first-order valence-electron chi connectivity index (χ1n) is 7.27. The van der Waals surface area contributed by atoms with Crippen LogP contribution >= 0.6 is 11.6 Å². The third-order valence-corrected chi connectivity index (χ3v) is 3.78. The van der Waals surface area contributed by atoms with Gasteiger partial charge in [0.2, 0.25) is 0 Å². The van der Waals surface area contributed by atoms with E-state index >= 15 is 0 Å². The third-order valence-electron chi connectivity index (χ3n) is 3.45. The molecule has 1 aromatic heterocycles. The van der Waals surface area contributed by atoms with Gasteiger partial charge >= 0.3 is 0 Å². The predicted octanol–water partition coefficient (Wildman–Crippen LogP) is 4.17. The van der Waals surface area contributed by atoms with Crippen LogP contribution in [0.1, 0.15) is 16.1 Å². The first kappa shape index (κ1) is 16.9. The summed E-state index contributed by atoms with van der Waals surface area (Å²) in [6.07, 6.45) is 2.81. The van der Waals surface area contributed by atoms with Crippen molar-refractivity contribution in [1.82, 2.24) is 9.99 Å². The van der Waals surface area contributed by atoms with E-state index in [0.717, 1.165) is 6.21 Å². The lowest BCUT2D eigenvalue weighted by molar-refractivity contribution is 0.0948. The highest BCUT2D eigenvalue weighted by atomic mass is 35.5.